The van der Waals surface area contributed by atoms with Crippen LogP contribution in [0.1, 0.15) is 11.3 Å². The number of para-hydroxylation sites is 1. The molecule has 3 nitrogen and oxygen atoms in total. The smallest absolute Gasteiger partial charge is 0.176 e. The van der Waals surface area contributed by atoms with Crippen LogP contribution < -0.4 is 10.1 Å². The van der Waals surface area contributed by atoms with Gasteiger partial charge < -0.3 is 14.5 Å². The van der Waals surface area contributed by atoms with Crippen LogP contribution in [0.4, 0.5) is 0 Å². The molecule has 0 spiro atoms. The first-order chi connectivity index (χ1) is 10.3. The van der Waals surface area contributed by atoms with Gasteiger partial charge >= 0.3 is 0 Å². The van der Waals surface area contributed by atoms with Crippen LogP contribution in [-0.2, 0) is 13.1 Å². The number of hydrogen-bond donors (Lipinski definition) is 1. The Kier molecular flexibility index (Phi) is 4.13. The fraction of sp³-hybridized carbons (Fsp3) is 0.176. The van der Waals surface area contributed by atoms with Gasteiger partial charge in [-0.2, -0.15) is 0 Å². The quantitative estimate of drug-likeness (QED) is 0.759. The van der Waals surface area contributed by atoms with E-state index in [0.717, 1.165) is 39.6 Å². The molecule has 0 aliphatic heterocycles. The Morgan fingerprint density at radius 2 is 1.95 bits per heavy atom. The largest absolute Gasteiger partial charge is 0.493 e. The number of furan rings is 1. The summed E-state index contributed by atoms with van der Waals surface area (Å²) in [5, 5.41) is 5.15. The molecule has 0 amide bonds. The Morgan fingerprint density at radius 1 is 1.10 bits per heavy atom. The van der Waals surface area contributed by atoms with Crippen molar-refractivity contribution in [2.24, 2.45) is 0 Å². The summed E-state index contributed by atoms with van der Waals surface area (Å²) in [6.45, 7) is 1.40. The summed E-state index contributed by atoms with van der Waals surface area (Å²) in [5.74, 6) is 1.64. The molecule has 0 aliphatic carbocycles. The molecule has 1 N–H and O–H groups in total. The van der Waals surface area contributed by atoms with E-state index in [1.807, 2.05) is 48.5 Å². The predicted octanol–water partition coefficient (Wildman–Crippen LogP) is 4.38. The van der Waals surface area contributed by atoms with Gasteiger partial charge in [0.05, 0.1) is 13.7 Å². The average Bonchev–Trinajstić information content (AvgIpc) is 2.90. The Bertz CT molecular complexity index is 751. The van der Waals surface area contributed by atoms with Crippen LogP contribution >= 0.6 is 11.6 Å². The molecule has 3 rings (SSSR count). The van der Waals surface area contributed by atoms with Crippen LogP contribution in [0.15, 0.2) is 52.9 Å². The minimum Gasteiger partial charge on any atom is -0.493 e. The molecule has 3 aromatic rings. The van der Waals surface area contributed by atoms with Crippen LogP contribution in [0.5, 0.6) is 5.75 Å². The second-order valence-corrected chi connectivity index (χ2v) is 5.26. The Labute approximate surface area is 128 Å². The average molecular weight is 302 g/mol. The molecule has 108 valence electrons. The van der Waals surface area contributed by atoms with Crippen LogP contribution in [-0.4, -0.2) is 7.11 Å². The van der Waals surface area contributed by atoms with E-state index in [-0.39, 0.29) is 0 Å². The first kappa shape index (κ1) is 14.0. The van der Waals surface area contributed by atoms with Gasteiger partial charge in [0.2, 0.25) is 0 Å². The zero-order valence-electron chi connectivity index (χ0n) is 11.7. The molecule has 0 fully saturated rings. The highest BCUT2D eigenvalue weighted by atomic mass is 35.5. The lowest BCUT2D eigenvalue weighted by molar-refractivity contribution is 0.406. The normalized spacial score (nSPS) is 11.0. The van der Waals surface area contributed by atoms with Crippen LogP contribution in [0.2, 0.25) is 5.02 Å². The summed E-state index contributed by atoms with van der Waals surface area (Å²) in [6, 6.07) is 15.7. The summed E-state index contributed by atoms with van der Waals surface area (Å²) in [4.78, 5) is 0. The lowest BCUT2D eigenvalue weighted by Gasteiger charge is -2.03. The highest BCUT2D eigenvalue weighted by Gasteiger charge is 2.08. The summed E-state index contributed by atoms with van der Waals surface area (Å²) < 4.78 is 11.1. The lowest BCUT2D eigenvalue weighted by Crippen LogP contribution is -2.11. The maximum absolute atomic E-state index is 5.97. The highest BCUT2D eigenvalue weighted by Crippen LogP contribution is 2.28. The van der Waals surface area contributed by atoms with E-state index >= 15 is 0 Å². The first-order valence-corrected chi connectivity index (χ1v) is 7.14. The van der Waals surface area contributed by atoms with Crippen LogP contribution in [0.3, 0.4) is 0 Å². The highest BCUT2D eigenvalue weighted by molar-refractivity contribution is 6.30. The van der Waals surface area contributed by atoms with Gasteiger partial charge in [0.25, 0.3) is 0 Å². The van der Waals surface area contributed by atoms with Crippen molar-refractivity contribution < 1.29 is 9.15 Å². The maximum atomic E-state index is 5.97. The van der Waals surface area contributed by atoms with E-state index in [1.165, 1.54) is 0 Å². The van der Waals surface area contributed by atoms with Gasteiger partial charge in [0.15, 0.2) is 11.3 Å². The van der Waals surface area contributed by atoms with Crippen molar-refractivity contribution in [2.45, 2.75) is 13.1 Å². The topological polar surface area (TPSA) is 34.4 Å². The third-order valence-electron chi connectivity index (χ3n) is 3.30. The molecular weight excluding hydrogens is 286 g/mol. The Morgan fingerprint density at radius 3 is 2.76 bits per heavy atom. The molecule has 0 bridgehead atoms. The first-order valence-electron chi connectivity index (χ1n) is 6.77. The zero-order chi connectivity index (χ0) is 14.7. The summed E-state index contributed by atoms with van der Waals surface area (Å²) >= 11 is 5.97. The lowest BCUT2D eigenvalue weighted by atomic mass is 10.2. The number of rotatable bonds is 5. The molecule has 4 heteroatoms. The predicted molar refractivity (Wildman–Crippen MR) is 84.8 cm³/mol. The zero-order valence-corrected chi connectivity index (χ0v) is 12.5. The van der Waals surface area contributed by atoms with E-state index in [0.29, 0.717) is 6.54 Å². The molecule has 2 aromatic carbocycles. The van der Waals surface area contributed by atoms with Crippen LogP contribution in [0.25, 0.3) is 11.0 Å². The van der Waals surface area contributed by atoms with Gasteiger partial charge in [-0.15, -0.1) is 0 Å². The number of halogens is 1. The SMILES string of the molecule is COc1cccc2cc(CNCc3cccc(Cl)c3)oc12. The minimum absolute atomic E-state index is 0.657. The third kappa shape index (κ3) is 3.20. The molecule has 0 unspecified atom stereocenters. The van der Waals surface area contributed by atoms with Gasteiger partial charge in [0.1, 0.15) is 5.76 Å². The van der Waals surface area contributed by atoms with Gasteiger partial charge in [-0.05, 0) is 29.8 Å². The number of nitrogens with one attached hydrogen (secondary N) is 1. The number of hydrogen-bond acceptors (Lipinski definition) is 3. The van der Waals surface area contributed by atoms with Gasteiger partial charge in [-0.3, -0.25) is 0 Å². The van der Waals surface area contributed by atoms with Crippen molar-refractivity contribution in [3.05, 3.63) is 64.9 Å². The number of benzene rings is 2. The molecule has 0 saturated heterocycles. The van der Waals surface area contributed by atoms with Crippen molar-refractivity contribution in [1.29, 1.82) is 0 Å². The number of ether oxygens (including phenoxy) is 1. The molecule has 1 heterocycles. The number of methoxy groups -OCH3 is 1. The fourth-order valence-electron chi connectivity index (χ4n) is 2.31. The molecule has 0 radical (unpaired) electrons. The molecular formula is C17H16ClNO2. The number of fused-ring (bicyclic) bond motifs is 1. The third-order valence-corrected chi connectivity index (χ3v) is 3.53. The van der Waals surface area contributed by atoms with E-state index in [1.54, 1.807) is 7.11 Å². The Balaban J connectivity index is 1.68. The minimum atomic E-state index is 0.657. The van der Waals surface area contributed by atoms with Crippen LogP contribution in [0, 0.1) is 0 Å². The molecule has 0 aliphatic rings. The monoisotopic (exact) mass is 301 g/mol. The molecule has 0 atom stereocenters. The summed E-state index contributed by atoms with van der Waals surface area (Å²) in [7, 11) is 1.65. The fourth-order valence-corrected chi connectivity index (χ4v) is 2.53. The van der Waals surface area contributed by atoms with Crippen molar-refractivity contribution in [1.82, 2.24) is 5.32 Å². The van der Waals surface area contributed by atoms with Gasteiger partial charge in [0, 0.05) is 17.0 Å². The van der Waals surface area contributed by atoms with Gasteiger partial charge in [-0.1, -0.05) is 35.9 Å². The van der Waals surface area contributed by atoms with Crippen molar-refractivity contribution in [3.8, 4) is 5.75 Å². The van der Waals surface area contributed by atoms with E-state index in [4.69, 9.17) is 20.8 Å². The van der Waals surface area contributed by atoms with E-state index in [2.05, 4.69) is 5.32 Å². The molecule has 21 heavy (non-hydrogen) atoms. The van der Waals surface area contributed by atoms with Crippen molar-refractivity contribution in [2.75, 3.05) is 7.11 Å². The second kappa shape index (κ2) is 6.20. The van der Waals surface area contributed by atoms with Crippen molar-refractivity contribution >= 4 is 22.6 Å². The molecule has 1 aromatic heterocycles. The summed E-state index contributed by atoms with van der Waals surface area (Å²) in [5.41, 5.74) is 1.94. The van der Waals surface area contributed by atoms with Crippen molar-refractivity contribution in [3.63, 3.8) is 0 Å². The molecule has 0 saturated carbocycles. The summed E-state index contributed by atoms with van der Waals surface area (Å²) in [6.07, 6.45) is 0. The van der Waals surface area contributed by atoms with E-state index < -0.39 is 0 Å². The standard InChI is InChI=1S/C17H16ClNO2/c1-20-16-7-3-5-13-9-15(21-17(13)16)11-19-10-12-4-2-6-14(18)8-12/h2-9,19H,10-11H2,1H3. The maximum Gasteiger partial charge on any atom is 0.176 e. The van der Waals surface area contributed by atoms with Gasteiger partial charge in [-0.25, -0.2) is 0 Å². The Hall–Kier alpha value is -1.97. The second-order valence-electron chi connectivity index (χ2n) is 4.82. The van der Waals surface area contributed by atoms with E-state index in [9.17, 15) is 0 Å².